The molecule has 0 spiro atoms. The smallest absolute Gasteiger partial charge is 0.262 e. The number of amides is 1. The van der Waals surface area contributed by atoms with E-state index < -0.39 is 0 Å². The van der Waals surface area contributed by atoms with E-state index in [0.29, 0.717) is 16.4 Å². The lowest BCUT2D eigenvalue weighted by atomic mass is 10.0. The summed E-state index contributed by atoms with van der Waals surface area (Å²) >= 11 is 7.94. The Kier molecular flexibility index (Phi) is 9.34. The van der Waals surface area contributed by atoms with Gasteiger partial charge in [0.1, 0.15) is 27.6 Å². The summed E-state index contributed by atoms with van der Waals surface area (Å²) in [6.07, 6.45) is 4.49. The lowest BCUT2D eigenvalue weighted by Crippen LogP contribution is -2.28. The molecule has 3 aromatic rings. The largest absolute Gasteiger partial charge is 0.488 e. The maximum Gasteiger partial charge on any atom is 0.262 e. The Morgan fingerprint density at radius 1 is 0.972 bits per heavy atom. The summed E-state index contributed by atoms with van der Waals surface area (Å²) in [4.78, 5) is 13.3. The zero-order valence-corrected chi connectivity index (χ0v) is 24.3. The zero-order chi connectivity index (χ0) is 26.5. The van der Waals surface area contributed by atoms with Crippen LogP contribution in [0.25, 0.3) is 10.1 Å². The molecule has 36 heavy (non-hydrogen) atoms. The number of nitrogens with one attached hydrogen (secondary N) is 1. The molecule has 0 saturated carbocycles. The van der Waals surface area contributed by atoms with Crippen LogP contribution >= 0.6 is 22.9 Å². The molecule has 0 fully saturated rings. The van der Waals surface area contributed by atoms with E-state index in [4.69, 9.17) is 21.1 Å². The van der Waals surface area contributed by atoms with E-state index in [2.05, 4.69) is 59.0 Å². The molecule has 1 amide bonds. The van der Waals surface area contributed by atoms with E-state index in [9.17, 15) is 4.79 Å². The highest BCUT2D eigenvalue weighted by molar-refractivity contribution is 7.21. The maximum absolute atomic E-state index is 12.8. The summed E-state index contributed by atoms with van der Waals surface area (Å²) in [5.41, 5.74) is 1.83. The van der Waals surface area contributed by atoms with Crippen LogP contribution in [0, 0.1) is 6.92 Å². The van der Waals surface area contributed by atoms with Crippen molar-refractivity contribution in [2.75, 3.05) is 6.54 Å². The molecule has 196 valence electrons. The summed E-state index contributed by atoms with van der Waals surface area (Å²) in [6, 6.07) is 12.2. The van der Waals surface area contributed by atoms with E-state index in [1.807, 2.05) is 31.2 Å². The monoisotopic (exact) mass is 529 g/mol. The van der Waals surface area contributed by atoms with Gasteiger partial charge in [0.05, 0.1) is 5.02 Å². The number of fused-ring (bicyclic) bond motifs is 1. The van der Waals surface area contributed by atoms with E-state index in [0.717, 1.165) is 64.8 Å². The lowest BCUT2D eigenvalue weighted by molar-refractivity contribution is 0.0943. The molecule has 0 atom stereocenters. The summed E-state index contributed by atoms with van der Waals surface area (Å²) in [7, 11) is 0. The van der Waals surface area contributed by atoms with Crippen molar-refractivity contribution in [3.63, 3.8) is 0 Å². The molecule has 0 aliphatic heterocycles. The van der Waals surface area contributed by atoms with Crippen LogP contribution in [0.5, 0.6) is 11.5 Å². The van der Waals surface area contributed by atoms with Gasteiger partial charge >= 0.3 is 0 Å². The van der Waals surface area contributed by atoms with Crippen LogP contribution in [-0.2, 0) is 6.42 Å². The molecule has 3 rings (SSSR count). The van der Waals surface area contributed by atoms with Gasteiger partial charge in [0, 0.05) is 22.7 Å². The molecule has 6 heteroatoms. The van der Waals surface area contributed by atoms with Gasteiger partial charge in [0.2, 0.25) is 0 Å². The lowest BCUT2D eigenvalue weighted by Gasteiger charge is -2.29. The number of benzene rings is 2. The topological polar surface area (TPSA) is 47.6 Å². The number of hydrogen-bond donors (Lipinski definition) is 1. The van der Waals surface area contributed by atoms with Gasteiger partial charge in [0.15, 0.2) is 0 Å². The Labute approximate surface area is 225 Å². The standard InChI is InChI=1S/C30H40ClNO3S/c1-8-29(4,5)34-22-15-14-21(24(19-22)35-30(6,7)9-2)12-10-11-17-32-28(33)27-26(31)23-16-13-20(3)18-25(23)36-27/h13-16,18-19H,8-12,17H2,1-7H3,(H,32,33). The second-order valence-corrected chi connectivity index (χ2v) is 12.1. The van der Waals surface area contributed by atoms with Gasteiger partial charge in [-0.25, -0.2) is 0 Å². The molecule has 0 aliphatic rings. The molecule has 0 unspecified atom stereocenters. The highest BCUT2D eigenvalue weighted by Gasteiger charge is 2.22. The third kappa shape index (κ3) is 7.39. The van der Waals surface area contributed by atoms with Gasteiger partial charge in [-0.05, 0) is 90.0 Å². The summed E-state index contributed by atoms with van der Waals surface area (Å²) < 4.78 is 13.7. The van der Waals surface area contributed by atoms with Crippen molar-refractivity contribution in [3.8, 4) is 11.5 Å². The molecular weight excluding hydrogens is 490 g/mol. The molecule has 1 heterocycles. The van der Waals surface area contributed by atoms with Crippen LogP contribution in [0.4, 0.5) is 0 Å². The Bertz CT molecular complexity index is 1200. The first-order chi connectivity index (χ1) is 16.9. The molecule has 0 bridgehead atoms. The Morgan fingerprint density at radius 3 is 2.36 bits per heavy atom. The summed E-state index contributed by atoms with van der Waals surface area (Å²) in [5.74, 6) is 1.60. The van der Waals surface area contributed by atoms with Crippen LogP contribution in [0.1, 0.15) is 88.0 Å². The summed E-state index contributed by atoms with van der Waals surface area (Å²) in [6.45, 7) is 15.3. The van der Waals surface area contributed by atoms with Crippen molar-refractivity contribution in [2.45, 2.75) is 91.8 Å². The molecule has 0 aliphatic carbocycles. The molecule has 2 aromatic carbocycles. The van der Waals surface area contributed by atoms with E-state index in [1.165, 1.54) is 11.3 Å². The number of thiophene rings is 1. The van der Waals surface area contributed by atoms with Gasteiger partial charge in [-0.3, -0.25) is 4.79 Å². The molecule has 1 aromatic heterocycles. The average Bonchev–Trinajstić information content (AvgIpc) is 3.15. The van der Waals surface area contributed by atoms with Crippen molar-refractivity contribution in [3.05, 3.63) is 57.4 Å². The van der Waals surface area contributed by atoms with Gasteiger partial charge in [0.25, 0.3) is 5.91 Å². The fourth-order valence-corrected chi connectivity index (χ4v) is 5.23. The number of aryl methyl sites for hydroxylation is 2. The minimum Gasteiger partial charge on any atom is -0.488 e. The highest BCUT2D eigenvalue weighted by atomic mass is 35.5. The number of carbonyl (C=O) groups is 1. The van der Waals surface area contributed by atoms with Crippen molar-refractivity contribution in [1.29, 1.82) is 0 Å². The van der Waals surface area contributed by atoms with E-state index in [1.54, 1.807) is 0 Å². The van der Waals surface area contributed by atoms with Gasteiger partial charge in [-0.2, -0.15) is 0 Å². The highest BCUT2D eigenvalue weighted by Crippen LogP contribution is 2.36. The van der Waals surface area contributed by atoms with Crippen molar-refractivity contribution in [2.24, 2.45) is 0 Å². The molecular formula is C30H40ClNO3S. The molecule has 4 nitrogen and oxygen atoms in total. The predicted octanol–water partition coefficient (Wildman–Crippen LogP) is 8.75. The third-order valence-corrected chi connectivity index (χ3v) is 8.33. The van der Waals surface area contributed by atoms with Crippen molar-refractivity contribution < 1.29 is 14.3 Å². The molecule has 0 radical (unpaired) electrons. The SMILES string of the molecule is CCC(C)(C)Oc1ccc(CCCCNC(=O)c2sc3cc(C)ccc3c2Cl)c(OC(C)(C)CC)c1. The quantitative estimate of drug-likeness (QED) is 0.238. The number of rotatable bonds is 12. The third-order valence-electron chi connectivity index (χ3n) is 6.67. The van der Waals surface area contributed by atoms with Crippen molar-refractivity contribution >= 4 is 38.9 Å². The zero-order valence-electron chi connectivity index (χ0n) is 22.7. The van der Waals surface area contributed by atoms with Gasteiger partial charge in [-0.1, -0.05) is 43.6 Å². The van der Waals surface area contributed by atoms with Gasteiger partial charge in [-0.15, -0.1) is 11.3 Å². The number of ether oxygens (including phenoxy) is 2. The fourth-order valence-electron chi connectivity index (χ4n) is 3.70. The predicted molar refractivity (Wildman–Crippen MR) is 153 cm³/mol. The normalized spacial score (nSPS) is 12.1. The fraction of sp³-hybridized carbons (Fsp3) is 0.500. The second kappa shape index (κ2) is 11.9. The number of hydrogen-bond acceptors (Lipinski definition) is 4. The second-order valence-electron chi connectivity index (χ2n) is 10.7. The molecule has 0 saturated heterocycles. The van der Waals surface area contributed by atoms with Crippen LogP contribution in [0.3, 0.4) is 0 Å². The van der Waals surface area contributed by atoms with Crippen molar-refractivity contribution in [1.82, 2.24) is 5.32 Å². The van der Waals surface area contributed by atoms with Crippen LogP contribution in [-0.4, -0.2) is 23.7 Å². The van der Waals surface area contributed by atoms with Crippen LogP contribution in [0.15, 0.2) is 36.4 Å². The first-order valence-electron chi connectivity index (χ1n) is 12.9. The Balaban J connectivity index is 1.60. The minimum absolute atomic E-state index is 0.104. The molecule has 1 N–H and O–H groups in total. The first-order valence-corrected chi connectivity index (χ1v) is 14.1. The van der Waals surface area contributed by atoms with Gasteiger partial charge < -0.3 is 14.8 Å². The van der Waals surface area contributed by atoms with Crippen LogP contribution in [0.2, 0.25) is 5.02 Å². The number of unbranched alkanes of at least 4 members (excludes halogenated alkanes) is 1. The minimum atomic E-state index is -0.260. The first kappa shape index (κ1) is 28.3. The van der Waals surface area contributed by atoms with E-state index >= 15 is 0 Å². The van der Waals surface area contributed by atoms with E-state index in [-0.39, 0.29) is 17.1 Å². The number of halogens is 1. The Morgan fingerprint density at radius 2 is 1.67 bits per heavy atom. The Hall–Kier alpha value is -2.24. The van der Waals surface area contributed by atoms with Crippen LogP contribution < -0.4 is 14.8 Å². The summed E-state index contributed by atoms with van der Waals surface area (Å²) in [5, 5.41) is 4.52. The average molecular weight is 530 g/mol. The number of carbonyl (C=O) groups excluding carboxylic acids is 1. The maximum atomic E-state index is 12.8.